The van der Waals surface area contributed by atoms with Crippen molar-refractivity contribution < 1.29 is 17.7 Å². The van der Waals surface area contributed by atoms with Crippen molar-refractivity contribution in [2.75, 3.05) is 6.54 Å². The molecule has 2 heterocycles. The molecule has 2 aromatic heterocycles. The Balaban J connectivity index is 1.60. The predicted molar refractivity (Wildman–Crippen MR) is 115 cm³/mol. The van der Waals surface area contributed by atoms with E-state index in [9.17, 15) is 13.2 Å². The Labute approximate surface area is 185 Å². The van der Waals surface area contributed by atoms with Crippen LogP contribution in [0, 0.1) is 5.92 Å². The molecular formula is C20H22ClN5O4S. The maximum Gasteiger partial charge on any atom is 0.249 e. The van der Waals surface area contributed by atoms with Gasteiger partial charge in [0.05, 0.1) is 5.02 Å². The molecule has 31 heavy (non-hydrogen) atoms. The molecule has 1 unspecified atom stereocenters. The molecule has 0 aliphatic rings. The van der Waals surface area contributed by atoms with Gasteiger partial charge in [-0.2, -0.15) is 4.98 Å². The summed E-state index contributed by atoms with van der Waals surface area (Å²) in [6.07, 6.45) is 3.18. The van der Waals surface area contributed by atoms with Crippen LogP contribution >= 0.6 is 11.6 Å². The van der Waals surface area contributed by atoms with Crippen LogP contribution < -0.4 is 10.0 Å². The van der Waals surface area contributed by atoms with Gasteiger partial charge in [0.25, 0.3) is 0 Å². The topological polar surface area (TPSA) is 127 Å². The third-order valence-corrected chi connectivity index (χ3v) is 6.34. The fourth-order valence-electron chi connectivity index (χ4n) is 2.77. The highest BCUT2D eigenvalue weighted by atomic mass is 35.5. The van der Waals surface area contributed by atoms with Gasteiger partial charge < -0.3 is 9.84 Å². The third kappa shape index (κ3) is 5.87. The zero-order chi connectivity index (χ0) is 22.4. The van der Waals surface area contributed by atoms with E-state index < -0.39 is 16.1 Å². The van der Waals surface area contributed by atoms with Crippen molar-refractivity contribution >= 4 is 27.5 Å². The van der Waals surface area contributed by atoms with E-state index in [1.54, 1.807) is 36.7 Å². The molecule has 3 aromatic rings. The summed E-state index contributed by atoms with van der Waals surface area (Å²) in [5.41, 5.74) is 0.695. The van der Waals surface area contributed by atoms with Crippen molar-refractivity contribution in [1.82, 2.24) is 25.2 Å². The van der Waals surface area contributed by atoms with Crippen molar-refractivity contribution in [3.63, 3.8) is 0 Å². The smallest absolute Gasteiger partial charge is 0.249 e. The molecule has 0 fully saturated rings. The summed E-state index contributed by atoms with van der Waals surface area (Å²) in [7, 11) is -3.82. The molecule has 3 rings (SSSR count). The van der Waals surface area contributed by atoms with Crippen LogP contribution in [0.3, 0.4) is 0 Å². The first-order valence-corrected chi connectivity index (χ1v) is 11.4. The number of pyridine rings is 1. The van der Waals surface area contributed by atoms with Gasteiger partial charge >= 0.3 is 0 Å². The van der Waals surface area contributed by atoms with E-state index in [2.05, 4.69) is 25.2 Å². The van der Waals surface area contributed by atoms with E-state index in [4.69, 9.17) is 16.1 Å². The Kier molecular flexibility index (Phi) is 7.37. The summed E-state index contributed by atoms with van der Waals surface area (Å²) in [4.78, 5) is 20.8. The monoisotopic (exact) mass is 463 g/mol. The van der Waals surface area contributed by atoms with Crippen LogP contribution in [0.25, 0.3) is 11.4 Å². The summed E-state index contributed by atoms with van der Waals surface area (Å²) in [5, 5.41) is 6.89. The van der Waals surface area contributed by atoms with Gasteiger partial charge in [-0.25, -0.2) is 13.1 Å². The number of carbonyl (C=O) groups excluding carboxylic acids is 1. The molecule has 1 amide bonds. The van der Waals surface area contributed by atoms with E-state index in [1.807, 2.05) is 13.8 Å². The first-order chi connectivity index (χ1) is 14.8. The lowest BCUT2D eigenvalue weighted by molar-refractivity contribution is -0.122. The highest BCUT2D eigenvalue weighted by Crippen LogP contribution is 2.23. The number of nitrogens with one attached hydrogen (secondary N) is 2. The first kappa shape index (κ1) is 22.9. The van der Waals surface area contributed by atoms with Gasteiger partial charge in [-0.1, -0.05) is 42.7 Å². The predicted octanol–water partition coefficient (Wildman–Crippen LogP) is 2.97. The maximum atomic E-state index is 12.4. The van der Waals surface area contributed by atoms with Crippen LogP contribution in [-0.2, 0) is 14.8 Å². The standard InChI is InChI=1S/C20H22ClN5O4S/c1-13(2)18(20-25-19(26-30-20)14-6-5-10-22-12-14)24-17(27)9-11-23-31(28,29)16-8-4-3-7-15(16)21/h3-8,10,12-13,18,23H,9,11H2,1-2H3,(H,24,27). The summed E-state index contributed by atoms with van der Waals surface area (Å²) < 4.78 is 32.4. The van der Waals surface area contributed by atoms with Crippen molar-refractivity contribution in [1.29, 1.82) is 0 Å². The van der Waals surface area contributed by atoms with Gasteiger partial charge in [-0.05, 0) is 30.2 Å². The van der Waals surface area contributed by atoms with Crippen molar-refractivity contribution in [3.8, 4) is 11.4 Å². The number of nitrogens with zero attached hydrogens (tertiary/aromatic N) is 3. The van der Waals surface area contributed by atoms with Crippen LogP contribution in [0.2, 0.25) is 5.02 Å². The van der Waals surface area contributed by atoms with E-state index in [0.29, 0.717) is 11.4 Å². The second-order valence-electron chi connectivity index (χ2n) is 7.07. The van der Waals surface area contributed by atoms with Crippen molar-refractivity contribution in [3.05, 3.63) is 59.7 Å². The number of halogens is 1. The zero-order valence-corrected chi connectivity index (χ0v) is 18.5. The molecule has 0 spiro atoms. The molecule has 0 bridgehead atoms. The quantitative estimate of drug-likeness (QED) is 0.499. The molecule has 0 saturated carbocycles. The summed E-state index contributed by atoms with van der Waals surface area (Å²) in [5.74, 6) is 0.238. The SMILES string of the molecule is CC(C)C(NC(=O)CCNS(=O)(=O)c1ccccc1Cl)c1nc(-c2cccnc2)no1. The second kappa shape index (κ2) is 9.99. The van der Waals surface area contributed by atoms with Crippen LogP contribution in [0.15, 0.2) is 58.2 Å². The van der Waals surface area contributed by atoms with Crippen LogP contribution in [0.5, 0.6) is 0 Å². The molecular weight excluding hydrogens is 442 g/mol. The van der Waals surface area contributed by atoms with Crippen molar-refractivity contribution in [2.24, 2.45) is 5.92 Å². The minimum absolute atomic E-state index is 0.0361. The van der Waals surface area contributed by atoms with Gasteiger partial charge in [-0.3, -0.25) is 9.78 Å². The lowest BCUT2D eigenvalue weighted by atomic mass is 10.0. The lowest BCUT2D eigenvalue weighted by Gasteiger charge is -2.18. The number of sulfonamides is 1. The number of hydrogen-bond acceptors (Lipinski definition) is 7. The number of aromatic nitrogens is 3. The lowest BCUT2D eigenvalue weighted by Crippen LogP contribution is -2.35. The van der Waals surface area contributed by atoms with Gasteiger partial charge in [0.2, 0.25) is 27.6 Å². The van der Waals surface area contributed by atoms with Gasteiger partial charge in [0.1, 0.15) is 10.9 Å². The van der Waals surface area contributed by atoms with Crippen LogP contribution in [0.4, 0.5) is 0 Å². The minimum atomic E-state index is -3.82. The average Bonchev–Trinajstić information content (AvgIpc) is 3.22. The summed E-state index contributed by atoms with van der Waals surface area (Å²) in [6, 6.07) is 9.13. The molecule has 1 aromatic carbocycles. The second-order valence-corrected chi connectivity index (χ2v) is 9.21. The van der Waals surface area contributed by atoms with Gasteiger partial charge in [-0.15, -0.1) is 0 Å². The molecule has 0 radical (unpaired) electrons. The fraction of sp³-hybridized carbons (Fsp3) is 0.300. The van der Waals surface area contributed by atoms with Gasteiger partial charge in [0.15, 0.2) is 0 Å². The van der Waals surface area contributed by atoms with E-state index >= 15 is 0 Å². The Morgan fingerprint density at radius 3 is 2.65 bits per heavy atom. The highest BCUT2D eigenvalue weighted by Gasteiger charge is 2.25. The number of amides is 1. The molecule has 164 valence electrons. The largest absolute Gasteiger partial charge is 0.344 e. The molecule has 0 saturated heterocycles. The Hall–Kier alpha value is -2.82. The number of hydrogen-bond donors (Lipinski definition) is 2. The van der Waals surface area contributed by atoms with Crippen molar-refractivity contribution in [2.45, 2.75) is 31.2 Å². The molecule has 2 N–H and O–H groups in total. The normalized spacial score (nSPS) is 12.6. The van der Waals surface area contributed by atoms with Crippen LogP contribution in [0.1, 0.15) is 32.2 Å². The molecule has 0 aliphatic heterocycles. The number of rotatable bonds is 9. The van der Waals surface area contributed by atoms with E-state index in [-0.39, 0.29) is 40.6 Å². The molecule has 0 aliphatic carbocycles. The number of benzene rings is 1. The molecule has 11 heteroatoms. The maximum absolute atomic E-state index is 12.4. The highest BCUT2D eigenvalue weighted by molar-refractivity contribution is 7.89. The van der Waals surface area contributed by atoms with E-state index in [0.717, 1.165) is 0 Å². The molecule has 9 nitrogen and oxygen atoms in total. The summed E-state index contributed by atoms with van der Waals surface area (Å²) in [6.45, 7) is 3.72. The zero-order valence-electron chi connectivity index (χ0n) is 16.9. The Morgan fingerprint density at radius 1 is 1.19 bits per heavy atom. The third-order valence-electron chi connectivity index (χ3n) is 4.38. The minimum Gasteiger partial charge on any atom is -0.344 e. The fourth-order valence-corrected chi connectivity index (χ4v) is 4.32. The Morgan fingerprint density at radius 2 is 1.97 bits per heavy atom. The molecule has 1 atom stereocenters. The van der Waals surface area contributed by atoms with E-state index in [1.165, 1.54) is 12.1 Å². The number of carbonyl (C=O) groups is 1. The van der Waals surface area contributed by atoms with Crippen LogP contribution in [-0.4, -0.2) is 36.0 Å². The Bertz CT molecular complexity index is 1140. The first-order valence-electron chi connectivity index (χ1n) is 9.55. The van der Waals surface area contributed by atoms with Gasteiger partial charge in [0, 0.05) is 30.9 Å². The summed E-state index contributed by atoms with van der Waals surface area (Å²) >= 11 is 5.94. The average molecular weight is 464 g/mol.